The summed E-state index contributed by atoms with van der Waals surface area (Å²) in [6.45, 7) is 1.63. The lowest BCUT2D eigenvalue weighted by Crippen LogP contribution is -2.48. The first-order chi connectivity index (χ1) is 9.90. The average molecular weight is 315 g/mol. The molecule has 1 aliphatic heterocycles. The molecule has 1 aromatic rings. The normalized spacial score (nSPS) is 17.3. The van der Waals surface area contributed by atoms with Crippen LogP contribution in [0.25, 0.3) is 0 Å². The largest absolute Gasteiger partial charge is 0.481 e. The van der Waals surface area contributed by atoms with Crippen molar-refractivity contribution in [2.24, 2.45) is 5.10 Å². The van der Waals surface area contributed by atoms with Gasteiger partial charge in [-0.15, -0.1) is 5.10 Å². The third kappa shape index (κ3) is 2.82. The number of para-hydroxylation sites is 1. The molecule has 1 heterocycles. The molecule has 114 valence electrons. The van der Waals surface area contributed by atoms with Gasteiger partial charge in [0.05, 0.1) is 26.0 Å². The molecule has 8 heteroatoms. The first-order valence-electron chi connectivity index (χ1n) is 6.08. The lowest BCUT2D eigenvalue weighted by molar-refractivity contribution is 0.0753. The van der Waals surface area contributed by atoms with Crippen LogP contribution in [-0.2, 0) is 14.5 Å². The Hall–Kier alpha value is -2.15. The molecule has 21 heavy (non-hydrogen) atoms. The Morgan fingerprint density at radius 3 is 2.71 bits per heavy atom. The molecule has 2 rings (SSSR count). The average Bonchev–Trinajstić information content (AvgIpc) is 2.49. The summed E-state index contributed by atoms with van der Waals surface area (Å²) in [6, 6.07) is 4.42. The molecule has 0 spiro atoms. The predicted molar refractivity (Wildman–Crippen MR) is 78.5 cm³/mol. The molecular weight excluding hydrogens is 299 g/mol. The van der Waals surface area contributed by atoms with Gasteiger partial charge in [0.15, 0.2) is 5.00 Å². The second kappa shape index (κ2) is 5.69. The van der Waals surface area contributed by atoms with E-state index in [2.05, 4.69) is 10.5 Å². The van der Waals surface area contributed by atoms with Crippen LogP contribution in [0.15, 0.2) is 35.3 Å². The van der Waals surface area contributed by atoms with E-state index in [0.717, 1.165) is 0 Å². The number of nitrogens with one attached hydrogen (secondary N) is 1. The SMILES string of the molecule is COC1=CC(OC)=NN(C(C)(Cl)c2cccc(F)c2N)N1. The molecule has 6 nitrogen and oxygen atoms in total. The van der Waals surface area contributed by atoms with Crippen LogP contribution in [0.2, 0.25) is 0 Å². The monoisotopic (exact) mass is 314 g/mol. The summed E-state index contributed by atoms with van der Waals surface area (Å²) in [4.78, 5) is -1.26. The molecule has 1 aromatic carbocycles. The summed E-state index contributed by atoms with van der Waals surface area (Å²) >= 11 is 6.53. The number of rotatable bonds is 3. The van der Waals surface area contributed by atoms with Crippen LogP contribution in [0.3, 0.4) is 0 Å². The van der Waals surface area contributed by atoms with E-state index in [1.807, 2.05) is 0 Å². The number of hydrazone groups is 1. The molecule has 0 aromatic heterocycles. The maximum atomic E-state index is 13.6. The smallest absolute Gasteiger partial charge is 0.238 e. The third-order valence-corrected chi connectivity index (χ3v) is 3.40. The second-order valence-corrected chi connectivity index (χ2v) is 5.17. The second-order valence-electron chi connectivity index (χ2n) is 4.43. The van der Waals surface area contributed by atoms with E-state index in [1.54, 1.807) is 19.1 Å². The number of hydrogen-bond donors (Lipinski definition) is 2. The number of anilines is 1. The van der Waals surface area contributed by atoms with Crippen LogP contribution in [-0.4, -0.2) is 25.2 Å². The first-order valence-corrected chi connectivity index (χ1v) is 6.46. The molecular formula is C13H16ClFN4O2. The van der Waals surface area contributed by atoms with E-state index >= 15 is 0 Å². The number of methoxy groups -OCH3 is 2. The Morgan fingerprint density at radius 2 is 2.10 bits per heavy atom. The quantitative estimate of drug-likeness (QED) is 0.508. The van der Waals surface area contributed by atoms with Crippen molar-refractivity contribution in [3.8, 4) is 0 Å². The van der Waals surface area contributed by atoms with Gasteiger partial charge in [-0.2, -0.15) is 5.12 Å². The first kappa shape index (κ1) is 15.2. The van der Waals surface area contributed by atoms with Crippen LogP contribution in [0.5, 0.6) is 0 Å². The zero-order valence-corrected chi connectivity index (χ0v) is 12.6. The number of ether oxygens (including phenoxy) is 2. The standard InChI is InChI=1S/C13H16ClFN4O2/c1-13(14,8-5-4-6-9(15)12(8)16)19-17-10(20-2)7-11(18-19)21-3/h4-7,17H,16H2,1-3H3. The van der Waals surface area contributed by atoms with Crippen molar-refractivity contribution in [3.63, 3.8) is 0 Å². The minimum absolute atomic E-state index is 0.0421. The van der Waals surface area contributed by atoms with Gasteiger partial charge in [-0.3, -0.25) is 0 Å². The fourth-order valence-electron chi connectivity index (χ4n) is 1.85. The van der Waals surface area contributed by atoms with Crippen LogP contribution < -0.4 is 11.2 Å². The zero-order valence-electron chi connectivity index (χ0n) is 11.9. The predicted octanol–water partition coefficient (Wildman–Crippen LogP) is 2.09. The van der Waals surface area contributed by atoms with Crippen molar-refractivity contribution in [3.05, 3.63) is 41.5 Å². The molecule has 1 atom stereocenters. The van der Waals surface area contributed by atoms with E-state index in [4.69, 9.17) is 26.8 Å². The Labute approximate surface area is 126 Å². The number of nitrogens with zero attached hydrogens (tertiary/aromatic N) is 2. The van der Waals surface area contributed by atoms with Crippen molar-refractivity contribution in [1.29, 1.82) is 0 Å². The highest BCUT2D eigenvalue weighted by Gasteiger charge is 2.36. The minimum atomic E-state index is -1.26. The molecule has 1 aliphatic rings. The number of benzene rings is 1. The number of halogens is 2. The summed E-state index contributed by atoms with van der Waals surface area (Å²) in [7, 11) is 2.95. The lowest BCUT2D eigenvalue weighted by atomic mass is 10.1. The van der Waals surface area contributed by atoms with Gasteiger partial charge in [0.1, 0.15) is 5.82 Å². The molecule has 0 amide bonds. The maximum absolute atomic E-state index is 13.6. The van der Waals surface area contributed by atoms with Gasteiger partial charge in [0, 0.05) is 5.56 Å². The van der Waals surface area contributed by atoms with Crippen molar-refractivity contribution in [2.45, 2.75) is 11.9 Å². The Balaban J connectivity index is 2.42. The highest BCUT2D eigenvalue weighted by Crippen LogP contribution is 2.37. The molecule has 0 saturated heterocycles. The maximum Gasteiger partial charge on any atom is 0.238 e. The highest BCUT2D eigenvalue weighted by atomic mass is 35.5. The third-order valence-electron chi connectivity index (χ3n) is 3.04. The Kier molecular flexibility index (Phi) is 4.13. The topological polar surface area (TPSA) is 72.1 Å². The van der Waals surface area contributed by atoms with Crippen molar-refractivity contribution in [2.75, 3.05) is 20.0 Å². The Morgan fingerprint density at radius 1 is 1.38 bits per heavy atom. The molecule has 0 bridgehead atoms. The van der Waals surface area contributed by atoms with Crippen LogP contribution in [0.4, 0.5) is 10.1 Å². The van der Waals surface area contributed by atoms with Crippen molar-refractivity contribution < 1.29 is 13.9 Å². The number of alkyl halides is 1. The van der Waals surface area contributed by atoms with E-state index in [0.29, 0.717) is 11.4 Å². The molecule has 3 N–H and O–H groups in total. The summed E-state index contributed by atoms with van der Waals surface area (Å²) in [5, 5.41) is 5.46. The zero-order chi connectivity index (χ0) is 15.6. The molecule has 0 radical (unpaired) electrons. The summed E-state index contributed by atoms with van der Waals surface area (Å²) in [6.07, 6.45) is 1.55. The van der Waals surface area contributed by atoms with Gasteiger partial charge >= 0.3 is 0 Å². The van der Waals surface area contributed by atoms with E-state index in [-0.39, 0.29) is 11.6 Å². The van der Waals surface area contributed by atoms with Gasteiger partial charge in [-0.1, -0.05) is 23.7 Å². The summed E-state index contributed by atoms with van der Waals surface area (Å²) < 4.78 is 23.9. The number of hydrogen-bond acceptors (Lipinski definition) is 6. The summed E-state index contributed by atoms with van der Waals surface area (Å²) in [5.41, 5.74) is 8.94. The van der Waals surface area contributed by atoms with Gasteiger partial charge in [0.25, 0.3) is 0 Å². The van der Waals surface area contributed by atoms with Crippen molar-refractivity contribution >= 4 is 23.2 Å². The van der Waals surface area contributed by atoms with Crippen LogP contribution in [0.1, 0.15) is 12.5 Å². The van der Waals surface area contributed by atoms with Crippen molar-refractivity contribution in [1.82, 2.24) is 10.5 Å². The van der Waals surface area contributed by atoms with Gasteiger partial charge in [0.2, 0.25) is 11.8 Å². The number of nitrogen functional groups attached to an aromatic ring is 1. The molecule has 0 saturated carbocycles. The minimum Gasteiger partial charge on any atom is -0.481 e. The molecule has 1 unspecified atom stereocenters. The van der Waals surface area contributed by atoms with Crippen LogP contribution in [0, 0.1) is 5.82 Å². The van der Waals surface area contributed by atoms with Gasteiger partial charge in [-0.05, 0) is 13.0 Å². The van der Waals surface area contributed by atoms with Gasteiger partial charge in [-0.25, -0.2) is 9.82 Å². The van der Waals surface area contributed by atoms with E-state index in [1.165, 1.54) is 31.5 Å². The number of hydrazine groups is 1. The van der Waals surface area contributed by atoms with Gasteiger partial charge < -0.3 is 15.2 Å². The van der Waals surface area contributed by atoms with E-state index in [9.17, 15) is 4.39 Å². The molecule has 0 fully saturated rings. The summed E-state index contributed by atoms with van der Waals surface area (Å²) in [5.74, 6) is 0.117. The number of nitrogens with two attached hydrogens (primary N) is 1. The highest BCUT2D eigenvalue weighted by molar-refractivity contribution is 6.23. The van der Waals surface area contributed by atoms with Crippen LogP contribution >= 0.6 is 11.6 Å². The van der Waals surface area contributed by atoms with E-state index < -0.39 is 10.8 Å². The fourth-order valence-corrected chi connectivity index (χ4v) is 2.10. The Bertz CT molecular complexity index is 604. The fraction of sp³-hybridized carbons (Fsp3) is 0.308. The lowest BCUT2D eigenvalue weighted by Gasteiger charge is -2.37. The molecule has 0 aliphatic carbocycles.